The first-order valence-corrected chi connectivity index (χ1v) is 7.86. The molecule has 3 rings (SSSR count). The van der Waals surface area contributed by atoms with Crippen molar-refractivity contribution in [3.8, 4) is 5.75 Å². The molecule has 2 aromatic rings. The molecule has 2 heterocycles. The molecule has 1 aliphatic heterocycles. The number of rotatable bonds is 6. The third-order valence-corrected chi connectivity index (χ3v) is 4.09. The molecule has 0 bridgehead atoms. The Kier molecular flexibility index (Phi) is 5.02. The number of esters is 1. The highest BCUT2D eigenvalue weighted by Crippen LogP contribution is 2.24. The number of amides is 1. The van der Waals surface area contributed by atoms with Gasteiger partial charge in [0.2, 0.25) is 5.91 Å². The van der Waals surface area contributed by atoms with Crippen LogP contribution >= 0.6 is 0 Å². The molecule has 132 valence electrons. The van der Waals surface area contributed by atoms with Crippen LogP contribution in [-0.4, -0.2) is 30.4 Å². The molecule has 6 nitrogen and oxygen atoms in total. The van der Waals surface area contributed by atoms with Crippen molar-refractivity contribution in [2.24, 2.45) is 5.92 Å². The largest absolute Gasteiger partial charge is 0.496 e. The second-order valence-corrected chi connectivity index (χ2v) is 5.82. The number of furan rings is 1. The number of nitrogens with zero attached hydrogens (tertiary/aromatic N) is 1. The lowest BCUT2D eigenvalue weighted by Crippen LogP contribution is -2.26. The van der Waals surface area contributed by atoms with Gasteiger partial charge in [0.25, 0.3) is 0 Å². The van der Waals surface area contributed by atoms with Crippen LogP contribution in [0, 0.1) is 11.7 Å². The molecule has 0 N–H and O–H groups in total. The van der Waals surface area contributed by atoms with Gasteiger partial charge in [-0.1, -0.05) is 0 Å². The molecule has 1 aromatic heterocycles. The summed E-state index contributed by atoms with van der Waals surface area (Å²) in [7, 11) is 1.46. The van der Waals surface area contributed by atoms with Crippen molar-refractivity contribution >= 4 is 11.9 Å². The van der Waals surface area contributed by atoms with E-state index < -0.39 is 17.7 Å². The zero-order valence-electron chi connectivity index (χ0n) is 13.7. The van der Waals surface area contributed by atoms with E-state index in [1.165, 1.54) is 31.6 Å². The van der Waals surface area contributed by atoms with Crippen LogP contribution in [0.3, 0.4) is 0 Å². The van der Waals surface area contributed by atoms with Gasteiger partial charge in [0.15, 0.2) is 0 Å². The van der Waals surface area contributed by atoms with Gasteiger partial charge < -0.3 is 18.8 Å². The van der Waals surface area contributed by atoms with E-state index in [4.69, 9.17) is 13.9 Å². The SMILES string of the molecule is COc1ccc(F)cc1COC(=O)C1CC(=O)N(Cc2ccco2)C1. The summed E-state index contributed by atoms with van der Waals surface area (Å²) in [6, 6.07) is 7.52. The maximum absolute atomic E-state index is 13.3. The number of benzene rings is 1. The number of carbonyl (C=O) groups is 2. The number of likely N-dealkylation sites (tertiary alicyclic amines) is 1. The maximum Gasteiger partial charge on any atom is 0.311 e. The Morgan fingerprint density at radius 1 is 1.40 bits per heavy atom. The third-order valence-electron chi connectivity index (χ3n) is 4.09. The average molecular weight is 347 g/mol. The van der Waals surface area contributed by atoms with Gasteiger partial charge in [-0.2, -0.15) is 0 Å². The van der Waals surface area contributed by atoms with E-state index in [1.54, 1.807) is 17.0 Å². The van der Waals surface area contributed by atoms with Crippen LogP contribution in [0.2, 0.25) is 0 Å². The van der Waals surface area contributed by atoms with Crippen LogP contribution in [0.25, 0.3) is 0 Å². The zero-order valence-corrected chi connectivity index (χ0v) is 13.7. The molecule has 7 heteroatoms. The highest BCUT2D eigenvalue weighted by atomic mass is 19.1. The highest BCUT2D eigenvalue weighted by molar-refractivity contribution is 5.86. The summed E-state index contributed by atoms with van der Waals surface area (Å²) < 4.78 is 28.9. The second kappa shape index (κ2) is 7.38. The predicted molar refractivity (Wildman–Crippen MR) is 85.0 cm³/mol. The van der Waals surface area contributed by atoms with Crippen molar-refractivity contribution < 1.29 is 27.9 Å². The van der Waals surface area contributed by atoms with E-state index >= 15 is 0 Å². The smallest absolute Gasteiger partial charge is 0.311 e. The summed E-state index contributed by atoms with van der Waals surface area (Å²) in [5.41, 5.74) is 0.438. The quantitative estimate of drug-likeness (QED) is 0.751. The number of hydrogen-bond donors (Lipinski definition) is 0. The predicted octanol–water partition coefficient (Wildman–Crippen LogP) is 2.52. The lowest BCUT2D eigenvalue weighted by atomic mass is 10.1. The minimum absolute atomic E-state index is 0.0971. The van der Waals surface area contributed by atoms with Crippen molar-refractivity contribution in [2.75, 3.05) is 13.7 Å². The molecule has 1 saturated heterocycles. The number of methoxy groups -OCH3 is 1. The van der Waals surface area contributed by atoms with Crippen LogP contribution in [0.1, 0.15) is 17.7 Å². The van der Waals surface area contributed by atoms with Crippen molar-refractivity contribution in [2.45, 2.75) is 19.6 Å². The van der Waals surface area contributed by atoms with Gasteiger partial charge in [0.1, 0.15) is 23.9 Å². The molecule has 1 aliphatic rings. The molecule has 1 fully saturated rings. The molecule has 1 amide bonds. The number of carbonyl (C=O) groups excluding carboxylic acids is 2. The first-order chi connectivity index (χ1) is 12.1. The van der Waals surface area contributed by atoms with Gasteiger partial charge >= 0.3 is 5.97 Å². The van der Waals surface area contributed by atoms with E-state index in [0.717, 1.165) is 0 Å². The number of hydrogen-bond acceptors (Lipinski definition) is 5. The Morgan fingerprint density at radius 2 is 2.24 bits per heavy atom. The number of halogens is 1. The van der Waals surface area contributed by atoms with Crippen LogP contribution in [0.5, 0.6) is 5.75 Å². The van der Waals surface area contributed by atoms with Crippen LogP contribution < -0.4 is 4.74 Å². The maximum atomic E-state index is 13.3. The van der Waals surface area contributed by atoms with Crippen molar-refractivity contribution in [1.29, 1.82) is 0 Å². The molecule has 0 spiro atoms. The summed E-state index contributed by atoms with van der Waals surface area (Å²) >= 11 is 0. The van der Waals surface area contributed by atoms with E-state index in [1.807, 2.05) is 0 Å². The Morgan fingerprint density at radius 3 is 2.96 bits per heavy atom. The van der Waals surface area contributed by atoms with Gasteiger partial charge in [0, 0.05) is 18.5 Å². The Bertz CT molecular complexity index is 759. The zero-order chi connectivity index (χ0) is 17.8. The molecule has 1 unspecified atom stereocenters. The van der Waals surface area contributed by atoms with E-state index in [9.17, 15) is 14.0 Å². The van der Waals surface area contributed by atoms with Gasteiger partial charge in [-0.15, -0.1) is 0 Å². The Hall–Kier alpha value is -2.83. The standard InChI is InChI=1S/C18H18FNO5/c1-23-16-5-4-14(19)7-13(16)11-25-18(22)12-8-17(21)20(9-12)10-15-3-2-6-24-15/h2-7,12H,8-11H2,1H3. The molecular formula is C18H18FNO5. The summed E-state index contributed by atoms with van der Waals surface area (Å²) in [4.78, 5) is 25.8. The van der Waals surface area contributed by atoms with Gasteiger partial charge in [-0.25, -0.2) is 4.39 Å². The molecule has 25 heavy (non-hydrogen) atoms. The molecular weight excluding hydrogens is 329 g/mol. The van der Waals surface area contributed by atoms with E-state index in [2.05, 4.69) is 0 Å². The summed E-state index contributed by atoms with van der Waals surface area (Å²) in [6.07, 6.45) is 1.63. The van der Waals surface area contributed by atoms with E-state index in [-0.39, 0.29) is 25.5 Å². The summed E-state index contributed by atoms with van der Waals surface area (Å²) in [5, 5.41) is 0. The third kappa shape index (κ3) is 3.99. The van der Waals surface area contributed by atoms with Gasteiger partial charge in [-0.3, -0.25) is 9.59 Å². The fraction of sp³-hybridized carbons (Fsp3) is 0.333. The van der Waals surface area contributed by atoms with Crippen molar-refractivity contribution in [1.82, 2.24) is 4.90 Å². The van der Waals surface area contributed by atoms with E-state index in [0.29, 0.717) is 23.6 Å². The van der Waals surface area contributed by atoms with Crippen molar-refractivity contribution in [3.05, 3.63) is 53.7 Å². The first kappa shape index (κ1) is 17.0. The fourth-order valence-corrected chi connectivity index (χ4v) is 2.80. The summed E-state index contributed by atoms with van der Waals surface area (Å²) in [5.74, 6) is -0.485. The second-order valence-electron chi connectivity index (χ2n) is 5.82. The molecule has 0 radical (unpaired) electrons. The summed E-state index contributed by atoms with van der Waals surface area (Å²) in [6.45, 7) is 0.495. The lowest BCUT2D eigenvalue weighted by Gasteiger charge is -2.15. The molecule has 1 aromatic carbocycles. The molecule has 0 saturated carbocycles. The topological polar surface area (TPSA) is 69.0 Å². The van der Waals surface area contributed by atoms with Gasteiger partial charge in [-0.05, 0) is 30.3 Å². The van der Waals surface area contributed by atoms with Gasteiger partial charge in [0.05, 0.1) is 25.8 Å². The van der Waals surface area contributed by atoms with Crippen LogP contribution in [0.4, 0.5) is 4.39 Å². The number of ether oxygens (including phenoxy) is 2. The lowest BCUT2D eigenvalue weighted by molar-refractivity contribution is -0.149. The normalized spacial score (nSPS) is 17.0. The van der Waals surface area contributed by atoms with Crippen LogP contribution in [-0.2, 0) is 27.5 Å². The Balaban J connectivity index is 1.57. The van der Waals surface area contributed by atoms with Crippen molar-refractivity contribution in [3.63, 3.8) is 0 Å². The fourth-order valence-electron chi connectivity index (χ4n) is 2.80. The highest BCUT2D eigenvalue weighted by Gasteiger charge is 2.35. The minimum Gasteiger partial charge on any atom is -0.496 e. The Labute approximate surface area is 144 Å². The molecule has 1 atom stereocenters. The molecule has 0 aliphatic carbocycles. The average Bonchev–Trinajstić information content (AvgIpc) is 3.23. The minimum atomic E-state index is -0.540. The first-order valence-electron chi connectivity index (χ1n) is 7.86. The monoisotopic (exact) mass is 347 g/mol. The van der Waals surface area contributed by atoms with Crippen LogP contribution in [0.15, 0.2) is 41.0 Å².